The van der Waals surface area contributed by atoms with E-state index in [0.717, 1.165) is 18.5 Å². The van der Waals surface area contributed by atoms with E-state index in [-0.39, 0.29) is 0 Å². The molecule has 0 aliphatic heterocycles. The van der Waals surface area contributed by atoms with Crippen LogP contribution >= 0.6 is 0 Å². The van der Waals surface area contributed by atoms with Crippen molar-refractivity contribution in [3.8, 4) is 0 Å². The highest BCUT2D eigenvalue weighted by atomic mass is 15.0. The summed E-state index contributed by atoms with van der Waals surface area (Å²) in [5, 5.41) is 6.82. The van der Waals surface area contributed by atoms with Crippen molar-refractivity contribution in [1.82, 2.24) is 15.5 Å². The summed E-state index contributed by atoms with van der Waals surface area (Å²) >= 11 is 0. The lowest BCUT2D eigenvalue weighted by Crippen LogP contribution is -2.29. The molecule has 1 aliphatic rings. The maximum Gasteiger partial charge on any atom is 0.0258 e. The number of unbranched alkanes of at least 4 members (excludes halogenated alkanes) is 1. The lowest BCUT2D eigenvalue weighted by Gasteiger charge is -2.24. The SMILES string of the molecule is CC.CC.CC(C)=C(C)NC1CCCCC1.CCCC(C)CC.CCCCN(C)C.CCNC(C)=C(C)C. The predicted octanol–water partition coefficient (Wildman–Crippen LogP) is 11.4. The first kappa shape index (κ1) is 46.9. The van der Waals surface area contributed by atoms with E-state index in [9.17, 15) is 0 Å². The van der Waals surface area contributed by atoms with Gasteiger partial charge in [-0.25, -0.2) is 0 Å². The number of hydrogen-bond donors (Lipinski definition) is 2. The fourth-order valence-corrected chi connectivity index (χ4v) is 3.31. The Morgan fingerprint density at radius 2 is 1.21 bits per heavy atom. The molecule has 0 aromatic rings. The van der Waals surface area contributed by atoms with Gasteiger partial charge < -0.3 is 15.5 Å². The summed E-state index contributed by atoms with van der Waals surface area (Å²) < 4.78 is 0. The second-order valence-corrected chi connectivity index (χ2v) is 10.7. The van der Waals surface area contributed by atoms with Crippen LogP contribution in [0.4, 0.5) is 0 Å². The smallest absolute Gasteiger partial charge is 0.0258 e. The third-order valence-electron chi connectivity index (χ3n) is 6.41. The number of rotatable bonds is 10. The molecule has 0 spiro atoms. The minimum Gasteiger partial charge on any atom is -0.389 e. The van der Waals surface area contributed by atoms with Crippen molar-refractivity contribution >= 4 is 0 Å². The Bertz CT molecular complexity index is 477. The molecule has 38 heavy (non-hydrogen) atoms. The molecule has 3 heteroatoms. The Morgan fingerprint density at radius 3 is 1.45 bits per heavy atom. The van der Waals surface area contributed by atoms with Gasteiger partial charge in [-0.05, 0) is 94.3 Å². The third kappa shape index (κ3) is 42.1. The molecule has 1 saturated carbocycles. The van der Waals surface area contributed by atoms with Gasteiger partial charge in [0.15, 0.2) is 0 Å². The number of nitrogens with zero attached hydrogens (tertiary/aromatic N) is 1. The van der Waals surface area contributed by atoms with Crippen LogP contribution in [0.2, 0.25) is 0 Å². The van der Waals surface area contributed by atoms with E-state index < -0.39 is 0 Å². The van der Waals surface area contributed by atoms with Gasteiger partial charge in [0.2, 0.25) is 0 Å². The molecular formula is C35H79N3. The minimum absolute atomic E-state index is 0.758. The maximum atomic E-state index is 3.60. The van der Waals surface area contributed by atoms with Crippen LogP contribution < -0.4 is 10.6 Å². The topological polar surface area (TPSA) is 27.3 Å². The molecular weight excluding hydrogens is 462 g/mol. The van der Waals surface area contributed by atoms with Gasteiger partial charge in [-0.2, -0.15) is 0 Å². The van der Waals surface area contributed by atoms with Crippen molar-refractivity contribution in [2.24, 2.45) is 5.92 Å². The Hall–Kier alpha value is -0.960. The van der Waals surface area contributed by atoms with Crippen LogP contribution in [0.15, 0.2) is 22.5 Å². The van der Waals surface area contributed by atoms with Crippen LogP contribution in [0.25, 0.3) is 0 Å². The molecule has 0 aromatic carbocycles. The van der Waals surface area contributed by atoms with Crippen molar-refractivity contribution in [1.29, 1.82) is 0 Å². The normalized spacial score (nSPS) is 12.6. The van der Waals surface area contributed by atoms with Gasteiger partial charge >= 0.3 is 0 Å². The molecule has 0 saturated heterocycles. The fraction of sp³-hybridized carbons (Fsp3) is 0.886. The van der Waals surface area contributed by atoms with Gasteiger partial charge in [-0.3, -0.25) is 0 Å². The molecule has 0 heterocycles. The van der Waals surface area contributed by atoms with E-state index >= 15 is 0 Å². The molecule has 1 unspecified atom stereocenters. The summed E-state index contributed by atoms with van der Waals surface area (Å²) in [5.74, 6) is 0.949. The molecule has 0 bridgehead atoms. The van der Waals surface area contributed by atoms with Crippen molar-refractivity contribution in [2.75, 3.05) is 27.2 Å². The molecule has 0 aromatic heterocycles. The molecule has 234 valence electrons. The van der Waals surface area contributed by atoms with Gasteiger partial charge in [0, 0.05) is 24.0 Å². The zero-order valence-corrected chi connectivity index (χ0v) is 30.1. The van der Waals surface area contributed by atoms with E-state index in [1.165, 1.54) is 93.3 Å². The highest BCUT2D eigenvalue weighted by Crippen LogP contribution is 2.18. The van der Waals surface area contributed by atoms with Gasteiger partial charge in [-0.15, -0.1) is 0 Å². The predicted molar refractivity (Wildman–Crippen MR) is 182 cm³/mol. The van der Waals surface area contributed by atoms with Crippen molar-refractivity contribution < 1.29 is 0 Å². The summed E-state index contributed by atoms with van der Waals surface area (Å²) in [4.78, 5) is 2.21. The highest BCUT2D eigenvalue weighted by Gasteiger charge is 2.12. The maximum absolute atomic E-state index is 3.60. The summed E-state index contributed by atoms with van der Waals surface area (Å²) in [7, 11) is 4.21. The monoisotopic (exact) mass is 542 g/mol. The first-order chi connectivity index (χ1) is 18.0. The molecule has 1 fully saturated rings. The Morgan fingerprint density at radius 1 is 0.737 bits per heavy atom. The van der Waals surface area contributed by atoms with Crippen LogP contribution in [-0.4, -0.2) is 38.1 Å². The number of hydrogen-bond acceptors (Lipinski definition) is 3. The average Bonchev–Trinajstić information content (AvgIpc) is 2.91. The minimum atomic E-state index is 0.758. The van der Waals surface area contributed by atoms with E-state index in [0.29, 0.717) is 0 Å². The molecule has 1 rings (SSSR count). The molecule has 2 N–H and O–H groups in total. The summed E-state index contributed by atoms with van der Waals surface area (Å²) in [6.07, 6.45) is 13.7. The van der Waals surface area contributed by atoms with E-state index in [4.69, 9.17) is 0 Å². The Balaban J connectivity index is -0.000000125. The number of allylic oxidation sites excluding steroid dienone is 4. The van der Waals surface area contributed by atoms with Gasteiger partial charge in [-0.1, -0.05) is 111 Å². The molecule has 3 nitrogen and oxygen atoms in total. The number of nitrogens with one attached hydrogen (secondary N) is 2. The zero-order chi connectivity index (χ0) is 30.9. The first-order valence-electron chi connectivity index (χ1n) is 16.4. The molecule has 0 radical (unpaired) electrons. The lowest BCUT2D eigenvalue weighted by atomic mass is 9.95. The molecule has 0 amide bonds. The molecule has 1 atom stereocenters. The second kappa shape index (κ2) is 38.2. The van der Waals surface area contributed by atoms with E-state index in [1.807, 2.05) is 27.7 Å². The van der Waals surface area contributed by atoms with Crippen molar-refractivity contribution in [3.63, 3.8) is 0 Å². The lowest BCUT2D eigenvalue weighted by molar-refractivity contribution is 0.395. The van der Waals surface area contributed by atoms with Crippen LogP contribution in [0.1, 0.15) is 168 Å². The highest BCUT2D eigenvalue weighted by molar-refractivity contribution is 5.05. The quantitative estimate of drug-likeness (QED) is 0.288. The van der Waals surface area contributed by atoms with E-state index in [1.54, 1.807) is 0 Å². The average molecular weight is 542 g/mol. The van der Waals surface area contributed by atoms with Crippen molar-refractivity contribution in [3.05, 3.63) is 22.5 Å². The standard InChI is InChI=1S/C11H21N.C7H15N.C7H16.C6H15N.2C2H6/c1-9(2)10(3)12-11-7-5-4-6-8-11;1-5-8-7(4)6(2)3;1-4-6-7(3)5-2;1-4-5-6-7(2)3;2*1-2/h11-12H,4-8H2,1-3H3;8H,5H2,1-4H3;7H,4-6H2,1-3H3;4-6H2,1-3H3;2*1-2H3. The van der Waals surface area contributed by atoms with Crippen molar-refractivity contribution in [2.45, 2.75) is 174 Å². The summed E-state index contributed by atoms with van der Waals surface area (Å²) in [6, 6.07) is 0.758. The second-order valence-electron chi connectivity index (χ2n) is 10.7. The van der Waals surface area contributed by atoms with E-state index in [2.05, 4.69) is 106 Å². The Labute approximate surface area is 245 Å². The summed E-state index contributed by atoms with van der Waals surface area (Å²) in [6.45, 7) is 34.2. The van der Waals surface area contributed by atoms with Crippen LogP contribution in [-0.2, 0) is 0 Å². The zero-order valence-electron chi connectivity index (χ0n) is 30.1. The summed E-state index contributed by atoms with van der Waals surface area (Å²) in [5.41, 5.74) is 5.46. The van der Waals surface area contributed by atoms with Crippen LogP contribution in [0, 0.1) is 5.92 Å². The third-order valence-corrected chi connectivity index (χ3v) is 6.41. The Kier molecular flexibility index (Phi) is 47.1. The van der Waals surface area contributed by atoms with Gasteiger partial charge in [0.1, 0.15) is 0 Å². The van der Waals surface area contributed by atoms with Gasteiger partial charge in [0.25, 0.3) is 0 Å². The van der Waals surface area contributed by atoms with Gasteiger partial charge in [0.05, 0.1) is 0 Å². The van der Waals surface area contributed by atoms with Crippen LogP contribution in [0.3, 0.4) is 0 Å². The van der Waals surface area contributed by atoms with Crippen LogP contribution in [0.5, 0.6) is 0 Å². The molecule has 1 aliphatic carbocycles. The fourth-order valence-electron chi connectivity index (χ4n) is 3.31. The first-order valence-corrected chi connectivity index (χ1v) is 16.4. The largest absolute Gasteiger partial charge is 0.389 e.